The summed E-state index contributed by atoms with van der Waals surface area (Å²) in [7, 11) is 0. The fraction of sp³-hybridized carbons (Fsp3) is 0.348. The number of carbonyl (C=O) groups excluding carboxylic acids is 1. The average molecular weight is 381 g/mol. The summed E-state index contributed by atoms with van der Waals surface area (Å²) in [5.41, 5.74) is 3.16. The highest BCUT2D eigenvalue weighted by atomic mass is 19.1. The third-order valence-corrected chi connectivity index (χ3v) is 5.61. The van der Waals surface area contributed by atoms with Gasteiger partial charge in [-0.25, -0.2) is 4.39 Å². The number of benzene rings is 2. The van der Waals surface area contributed by atoms with Gasteiger partial charge in [0.05, 0.1) is 13.1 Å². The Kier molecular flexibility index (Phi) is 5.44. The molecule has 0 radical (unpaired) electrons. The zero-order chi connectivity index (χ0) is 19.5. The summed E-state index contributed by atoms with van der Waals surface area (Å²) in [4.78, 5) is 14.2. The number of furan rings is 1. The molecule has 1 fully saturated rings. The monoisotopic (exact) mass is 381 g/mol. The Morgan fingerprint density at radius 2 is 1.79 bits per heavy atom. The standard InChI is InChI=1S/C23H25FN2O2/c1-16-19-6-5-7-20(24)22(19)28-21(16)23(27)25-14-17-8-10-18(11-9-17)15-26-12-3-2-4-13-26/h5-11H,2-4,12-15H2,1H3,(H,25,27)/p+1. The predicted octanol–water partition coefficient (Wildman–Crippen LogP) is 3.38. The smallest absolute Gasteiger partial charge is 0.287 e. The molecule has 0 aliphatic carbocycles. The lowest BCUT2D eigenvalue weighted by molar-refractivity contribution is -0.918. The van der Waals surface area contributed by atoms with E-state index < -0.39 is 5.82 Å². The molecule has 2 aromatic carbocycles. The van der Waals surface area contributed by atoms with Crippen LogP contribution in [0, 0.1) is 12.7 Å². The van der Waals surface area contributed by atoms with E-state index in [1.54, 1.807) is 24.0 Å². The van der Waals surface area contributed by atoms with Crippen LogP contribution < -0.4 is 10.2 Å². The molecule has 0 unspecified atom stereocenters. The van der Waals surface area contributed by atoms with Gasteiger partial charge in [-0.15, -0.1) is 0 Å². The van der Waals surface area contributed by atoms with Crippen molar-refractivity contribution >= 4 is 16.9 Å². The predicted molar refractivity (Wildman–Crippen MR) is 107 cm³/mol. The van der Waals surface area contributed by atoms with Crippen LogP contribution in [0.2, 0.25) is 0 Å². The van der Waals surface area contributed by atoms with Crippen molar-refractivity contribution in [3.63, 3.8) is 0 Å². The number of carbonyl (C=O) groups is 1. The van der Waals surface area contributed by atoms with Crippen LogP contribution in [0.4, 0.5) is 4.39 Å². The molecule has 3 aromatic rings. The van der Waals surface area contributed by atoms with Crippen LogP contribution in [-0.4, -0.2) is 19.0 Å². The van der Waals surface area contributed by atoms with Crippen molar-refractivity contribution in [2.24, 2.45) is 0 Å². The zero-order valence-electron chi connectivity index (χ0n) is 16.2. The van der Waals surface area contributed by atoms with Gasteiger partial charge in [-0.1, -0.05) is 36.4 Å². The largest absolute Gasteiger partial charge is 0.448 e. The minimum Gasteiger partial charge on any atom is -0.448 e. The van der Waals surface area contributed by atoms with E-state index in [1.807, 2.05) is 0 Å². The van der Waals surface area contributed by atoms with Crippen LogP contribution in [0.5, 0.6) is 0 Å². The molecule has 2 heterocycles. The van der Waals surface area contributed by atoms with E-state index in [1.165, 1.54) is 44.0 Å². The van der Waals surface area contributed by atoms with Crippen molar-refractivity contribution in [3.8, 4) is 0 Å². The maximum atomic E-state index is 13.9. The van der Waals surface area contributed by atoms with E-state index in [0.717, 1.165) is 12.1 Å². The number of quaternary nitrogens is 1. The SMILES string of the molecule is Cc1c(C(=O)NCc2ccc(C[NH+]3CCCCC3)cc2)oc2c(F)cccc12. The highest BCUT2D eigenvalue weighted by Gasteiger charge is 2.19. The Morgan fingerprint density at radius 1 is 1.07 bits per heavy atom. The van der Waals surface area contributed by atoms with Gasteiger partial charge >= 0.3 is 0 Å². The number of aryl methyl sites for hydroxylation is 1. The van der Waals surface area contributed by atoms with Crippen LogP contribution in [-0.2, 0) is 13.1 Å². The van der Waals surface area contributed by atoms with Gasteiger partial charge in [0.2, 0.25) is 0 Å². The molecule has 1 aromatic heterocycles. The molecule has 0 spiro atoms. The number of hydrogen-bond acceptors (Lipinski definition) is 2. The molecule has 0 atom stereocenters. The van der Waals surface area contributed by atoms with Gasteiger partial charge in [0, 0.05) is 23.1 Å². The van der Waals surface area contributed by atoms with Crippen LogP contribution >= 0.6 is 0 Å². The molecule has 146 valence electrons. The summed E-state index contributed by atoms with van der Waals surface area (Å²) in [6.07, 6.45) is 4.01. The quantitative estimate of drug-likeness (QED) is 0.712. The molecule has 1 aliphatic rings. The first-order chi connectivity index (χ1) is 13.6. The van der Waals surface area contributed by atoms with E-state index in [-0.39, 0.29) is 17.3 Å². The molecule has 5 heteroatoms. The fourth-order valence-corrected chi connectivity index (χ4v) is 3.98. The van der Waals surface area contributed by atoms with Crippen molar-refractivity contribution in [3.05, 3.63) is 70.7 Å². The lowest BCUT2D eigenvalue weighted by atomic mass is 10.1. The Hall–Kier alpha value is -2.66. The zero-order valence-corrected chi connectivity index (χ0v) is 16.2. The first kappa shape index (κ1) is 18.7. The van der Waals surface area contributed by atoms with Crippen LogP contribution in [0.25, 0.3) is 11.0 Å². The summed E-state index contributed by atoms with van der Waals surface area (Å²) in [5.74, 6) is -0.605. The third kappa shape index (κ3) is 3.94. The summed E-state index contributed by atoms with van der Waals surface area (Å²) >= 11 is 0. The van der Waals surface area contributed by atoms with Crippen LogP contribution in [0.3, 0.4) is 0 Å². The molecule has 4 rings (SSSR count). The van der Waals surface area contributed by atoms with Gasteiger partial charge in [-0.05, 0) is 37.8 Å². The fourth-order valence-electron chi connectivity index (χ4n) is 3.98. The number of halogens is 1. The van der Waals surface area contributed by atoms with E-state index in [9.17, 15) is 9.18 Å². The van der Waals surface area contributed by atoms with Gasteiger partial charge in [0.1, 0.15) is 6.54 Å². The maximum absolute atomic E-state index is 13.9. The Balaban J connectivity index is 1.38. The van der Waals surface area contributed by atoms with E-state index in [4.69, 9.17) is 4.42 Å². The summed E-state index contributed by atoms with van der Waals surface area (Å²) in [6, 6.07) is 13.1. The number of piperidine rings is 1. The minimum absolute atomic E-state index is 0.134. The Morgan fingerprint density at radius 3 is 2.50 bits per heavy atom. The number of likely N-dealkylation sites (tertiary alicyclic amines) is 1. The molecular weight excluding hydrogens is 355 g/mol. The lowest BCUT2D eigenvalue weighted by Gasteiger charge is -2.23. The number of hydrogen-bond donors (Lipinski definition) is 2. The van der Waals surface area contributed by atoms with Gasteiger partial charge in [-0.3, -0.25) is 4.79 Å². The second kappa shape index (κ2) is 8.15. The molecule has 1 saturated heterocycles. The summed E-state index contributed by atoms with van der Waals surface area (Å²) < 4.78 is 19.4. The highest BCUT2D eigenvalue weighted by molar-refractivity contribution is 5.98. The van der Waals surface area contributed by atoms with Crippen LogP contribution in [0.1, 0.15) is 46.5 Å². The highest BCUT2D eigenvalue weighted by Crippen LogP contribution is 2.27. The second-order valence-electron chi connectivity index (χ2n) is 7.66. The van der Waals surface area contributed by atoms with Crippen molar-refractivity contribution in [2.75, 3.05) is 13.1 Å². The Bertz CT molecular complexity index is 972. The third-order valence-electron chi connectivity index (χ3n) is 5.61. The van der Waals surface area contributed by atoms with Gasteiger partial charge in [-0.2, -0.15) is 0 Å². The first-order valence-electron chi connectivity index (χ1n) is 9.99. The summed E-state index contributed by atoms with van der Waals surface area (Å²) in [6.45, 7) is 5.77. The van der Waals surface area contributed by atoms with E-state index >= 15 is 0 Å². The normalized spacial score (nSPS) is 15.1. The summed E-state index contributed by atoms with van der Waals surface area (Å²) in [5, 5.41) is 3.51. The molecule has 0 bridgehead atoms. The van der Waals surface area contributed by atoms with E-state index in [0.29, 0.717) is 17.5 Å². The van der Waals surface area contributed by atoms with Gasteiger partial charge < -0.3 is 14.6 Å². The minimum atomic E-state index is -0.453. The molecule has 0 saturated carbocycles. The second-order valence-corrected chi connectivity index (χ2v) is 7.66. The van der Waals surface area contributed by atoms with E-state index in [2.05, 4.69) is 29.6 Å². The van der Waals surface area contributed by atoms with Crippen molar-refractivity contribution in [1.82, 2.24) is 5.32 Å². The van der Waals surface area contributed by atoms with Crippen LogP contribution in [0.15, 0.2) is 46.9 Å². The molecule has 4 nitrogen and oxygen atoms in total. The number of rotatable bonds is 5. The van der Waals surface area contributed by atoms with Crippen molar-refractivity contribution < 1.29 is 18.5 Å². The molecule has 2 N–H and O–H groups in total. The topological polar surface area (TPSA) is 46.7 Å². The molecular formula is C23H26FN2O2+. The van der Waals surface area contributed by atoms with Gasteiger partial charge in [0.15, 0.2) is 17.2 Å². The number of amides is 1. The molecule has 28 heavy (non-hydrogen) atoms. The maximum Gasteiger partial charge on any atom is 0.287 e. The van der Waals surface area contributed by atoms with Gasteiger partial charge in [0.25, 0.3) is 5.91 Å². The van der Waals surface area contributed by atoms with Crippen molar-refractivity contribution in [2.45, 2.75) is 39.3 Å². The lowest BCUT2D eigenvalue weighted by Crippen LogP contribution is -3.11. The molecule has 1 amide bonds. The molecule has 1 aliphatic heterocycles. The first-order valence-corrected chi connectivity index (χ1v) is 9.99. The Labute approximate surface area is 164 Å². The number of fused-ring (bicyclic) bond motifs is 1. The van der Waals surface area contributed by atoms with Crippen molar-refractivity contribution in [1.29, 1.82) is 0 Å². The number of para-hydroxylation sites is 1. The number of nitrogens with one attached hydrogen (secondary N) is 2. The average Bonchev–Trinajstić information content (AvgIpc) is 3.06.